The second-order valence-electron chi connectivity index (χ2n) is 6.42. The lowest BCUT2D eigenvalue weighted by Gasteiger charge is -2.30. The van der Waals surface area contributed by atoms with Gasteiger partial charge < -0.3 is 15.8 Å². The lowest BCUT2D eigenvalue weighted by atomic mass is 9.86. The maximum atomic E-state index is 12.7. The van der Waals surface area contributed by atoms with Crippen LogP contribution in [0.4, 0.5) is 5.69 Å². The molecule has 1 aromatic rings. The normalized spacial score (nSPS) is 17.7. The average Bonchev–Trinajstić information content (AvgIpc) is 2.51. The maximum absolute atomic E-state index is 12.7. The summed E-state index contributed by atoms with van der Waals surface area (Å²) in [7, 11) is -3.84. The summed E-state index contributed by atoms with van der Waals surface area (Å²) in [6.07, 6.45) is 0.486. The highest BCUT2D eigenvalue weighted by Crippen LogP contribution is 2.43. The molecule has 0 aromatic heterocycles. The molecule has 10 heteroatoms. The van der Waals surface area contributed by atoms with E-state index in [0.717, 1.165) is 6.26 Å². The molecule has 27 heavy (non-hydrogen) atoms. The van der Waals surface area contributed by atoms with Gasteiger partial charge in [-0.2, -0.15) is 0 Å². The minimum atomic E-state index is -3.84. The number of benzene rings is 1. The van der Waals surface area contributed by atoms with Crippen LogP contribution < -0.4 is 11.1 Å². The zero-order chi connectivity index (χ0) is 20.5. The van der Waals surface area contributed by atoms with E-state index in [1.165, 1.54) is 31.2 Å². The minimum Gasteiger partial charge on any atom is -0.459 e. The van der Waals surface area contributed by atoms with Gasteiger partial charge in [0.2, 0.25) is 0 Å². The van der Waals surface area contributed by atoms with Crippen LogP contribution in [0.1, 0.15) is 32.3 Å². The molecule has 1 aliphatic heterocycles. The highest BCUT2D eigenvalue weighted by molar-refractivity contribution is 7.94. The number of rotatable bonds is 5. The number of nitro groups is 1. The highest BCUT2D eigenvalue weighted by atomic mass is 32.2. The molecule has 1 atom stereocenters. The first-order valence-corrected chi connectivity index (χ1v) is 9.96. The van der Waals surface area contributed by atoms with Crippen LogP contribution in [0, 0.1) is 10.1 Å². The maximum Gasteiger partial charge on any atom is 0.338 e. The zero-order valence-electron chi connectivity index (χ0n) is 15.3. The molecular formula is C17H21N3O6S. The van der Waals surface area contributed by atoms with Crippen LogP contribution in [-0.4, -0.2) is 31.7 Å². The number of esters is 1. The molecule has 146 valence electrons. The number of nitrogens with one attached hydrogen (secondary N) is 1. The van der Waals surface area contributed by atoms with Crippen LogP contribution in [0.25, 0.3) is 0 Å². The summed E-state index contributed by atoms with van der Waals surface area (Å²) in [4.78, 5) is 23.4. The van der Waals surface area contributed by atoms with Crippen LogP contribution in [-0.2, 0) is 19.4 Å². The molecule has 0 bridgehead atoms. The van der Waals surface area contributed by atoms with E-state index in [0.29, 0.717) is 0 Å². The van der Waals surface area contributed by atoms with Crippen molar-refractivity contribution in [1.82, 2.24) is 5.32 Å². The molecule has 1 aliphatic rings. The van der Waals surface area contributed by atoms with E-state index in [1.807, 2.05) is 0 Å². The van der Waals surface area contributed by atoms with E-state index in [2.05, 4.69) is 5.32 Å². The minimum absolute atomic E-state index is 0.0439. The number of carbonyl (C=O) groups is 1. The molecule has 0 fully saturated rings. The lowest BCUT2D eigenvalue weighted by Crippen LogP contribution is -2.36. The Morgan fingerprint density at radius 1 is 1.33 bits per heavy atom. The third-order valence-corrected chi connectivity index (χ3v) is 5.28. The monoisotopic (exact) mass is 395 g/mol. The molecule has 2 rings (SSSR count). The van der Waals surface area contributed by atoms with Crippen molar-refractivity contribution in [3.63, 3.8) is 0 Å². The zero-order valence-corrected chi connectivity index (χ0v) is 16.2. The van der Waals surface area contributed by atoms with Crippen LogP contribution in [0.5, 0.6) is 0 Å². The largest absolute Gasteiger partial charge is 0.459 e. The van der Waals surface area contributed by atoms with Crippen molar-refractivity contribution >= 4 is 21.5 Å². The predicted molar refractivity (Wildman–Crippen MR) is 99.0 cm³/mol. The van der Waals surface area contributed by atoms with Gasteiger partial charge in [0.05, 0.1) is 27.4 Å². The molecule has 0 radical (unpaired) electrons. The Labute approximate surface area is 157 Å². The Balaban J connectivity index is 2.83. The van der Waals surface area contributed by atoms with Gasteiger partial charge >= 0.3 is 5.97 Å². The third-order valence-electron chi connectivity index (χ3n) is 3.94. The predicted octanol–water partition coefficient (Wildman–Crippen LogP) is 1.68. The van der Waals surface area contributed by atoms with Crippen LogP contribution in [0.15, 0.2) is 46.3 Å². The lowest BCUT2D eigenvalue weighted by molar-refractivity contribution is -0.385. The fraction of sp³-hybridized carbons (Fsp3) is 0.353. The molecule has 3 N–H and O–H groups in total. The Morgan fingerprint density at radius 3 is 2.44 bits per heavy atom. The second-order valence-corrected chi connectivity index (χ2v) is 8.40. The van der Waals surface area contributed by atoms with E-state index >= 15 is 0 Å². The molecule has 1 heterocycles. The number of hydrogen-bond donors (Lipinski definition) is 2. The molecule has 0 saturated carbocycles. The summed E-state index contributed by atoms with van der Waals surface area (Å²) < 4.78 is 30.2. The summed E-state index contributed by atoms with van der Waals surface area (Å²) in [6.45, 7) is 4.74. The standard InChI is InChI=1S/C17H21N3O6S/c1-9(2)26-17(21)14-13(11-7-5-6-8-12(11)20(22)23)15(27(4,24)25)10(3)19-16(14)18/h5-9,13,19H,18H2,1-4H3. The van der Waals surface area contributed by atoms with Gasteiger partial charge in [0, 0.05) is 23.6 Å². The van der Waals surface area contributed by atoms with Crippen molar-refractivity contribution in [2.45, 2.75) is 32.8 Å². The number of allylic oxidation sites excluding steroid dienone is 2. The second kappa shape index (κ2) is 7.39. The van der Waals surface area contributed by atoms with Gasteiger partial charge in [-0.25, -0.2) is 13.2 Å². The number of nitrogens with zero attached hydrogens (tertiary/aromatic N) is 1. The van der Waals surface area contributed by atoms with Gasteiger partial charge in [0.25, 0.3) is 5.69 Å². The summed E-state index contributed by atoms with van der Waals surface area (Å²) in [5.74, 6) is -2.20. The summed E-state index contributed by atoms with van der Waals surface area (Å²) >= 11 is 0. The van der Waals surface area contributed by atoms with Crippen molar-refractivity contribution in [2.75, 3.05) is 6.26 Å². The molecule has 9 nitrogen and oxygen atoms in total. The van der Waals surface area contributed by atoms with E-state index in [9.17, 15) is 23.3 Å². The first-order valence-electron chi connectivity index (χ1n) is 8.07. The van der Waals surface area contributed by atoms with Crippen LogP contribution in [0.2, 0.25) is 0 Å². The first kappa shape index (κ1) is 20.4. The number of nitro benzene ring substituents is 1. The van der Waals surface area contributed by atoms with Gasteiger partial charge in [-0.15, -0.1) is 0 Å². The third kappa shape index (κ3) is 4.11. The fourth-order valence-corrected chi connectivity index (χ4v) is 4.31. The Hall–Kier alpha value is -2.88. The van der Waals surface area contributed by atoms with Gasteiger partial charge in [-0.1, -0.05) is 18.2 Å². The summed E-state index contributed by atoms with van der Waals surface area (Å²) in [5.41, 5.74) is 5.72. The van der Waals surface area contributed by atoms with Crippen molar-refractivity contribution in [2.24, 2.45) is 5.73 Å². The quantitative estimate of drug-likeness (QED) is 0.436. The number of ether oxygens (including phenoxy) is 1. The SMILES string of the molecule is CC1=C(S(C)(=O)=O)C(c2ccccc2[N+](=O)[O-])C(C(=O)OC(C)C)=C(N)N1. The molecule has 0 saturated heterocycles. The van der Waals surface area contributed by atoms with Gasteiger partial charge in [0.1, 0.15) is 5.82 Å². The Kier molecular flexibility index (Phi) is 5.59. The van der Waals surface area contributed by atoms with Crippen LogP contribution in [0.3, 0.4) is 0 Å². The molecule has 1 aromatic carbocycles. The number of sulfone groups is 1. The van der Waals surface area contributed by atoms with Crippen molar-refractivity contribution < 1.29 is 22.9 Å². The number of nitrogens with two attached hydrogens (primary N) is 1. The number of para-hydroxylation sites is 1. The van der Waals surface area contributed by atoms with Crippen molar-refractivity contribution in [3.8, 4) is 0 Å². The van der Waals surface area contributed by atoms with E-state index < -0.39 is 32.8 Å². The highest BCUT2D eigenvalue weighted by Gasteiger charge is 2.41. The van der Waals surface area contributed by atoms with E-state index in [1.54, 1.807) is 13.8 Å². The summed E-state index contributed by atoms with van der Waals surface area (Å²) in [6, 6.07) is 5.64. The van der Waals surface area contributed by atoms with E-state index in [-0.39, 0.29) is 33.2 Å². The first-order chi connectivity index (χ1) is 12.4. The molecule has 1 unspecified atom stereocenters. The van der Waals surface area contributed by atoms with Crippen molar-refractivity contribution in [1.29, 1.82) is 0 Å². The number of hydrogen-bond acceptors (Lipinski definition) is 8. The van der Waals surface area contributed by atoms with Crippen LogP contribution >= 0.6 is 0 Å². The molecular weight excluding hydrogens is 374 g/mol. The topological polar surface area (TPSA) is 142 Å². The molecule has 0 spiro atoms. The smallest absolute Gasteiger partial charge is 0.338 e. The fourth-order valence-electron chi connectivity index (χ4n) is 3.03. The molecule has 0 amide bonds. The van der Waals surface area contributed by atoms with Gasteiger partial charge in [0.15, 0.2) is 9.84 Å². The number of carbonyl (C=O) groups excluding carboxylic acids is 1. The number of dihydropyridines is 1. The van der Waals surface area contributed by atoms with E-state index in [4.69, 9.17) is 10.5 Å². The van der Waals surface area contributed by atoms with Crippen molar-refractivity contribution in [3.05, 3.63) is 61.9 Å². The average molecular weight is 395 g/mol. The summed E-state index contributed by atoms with van der Waals surface area (Å²) in [5, 5.41) is 14.2. The Bertz CT molecular complexity index is 963. The molecule has 0 aliphatic carbocycles. The van der Waals surface area contributed by atoms with Gasteiger partial charge in [-0.05, 0) is 20.8 Å². The van der Waals surface area contributed by atoms with Gasteiger partial charge in [-0.3, -0.25) is 10.1 Å². The Morgan fingerprint density at radius 2 is 1.93 bits per heavy atom.